The van der Waals surface area contributed by atoms with Gasteiger partial charge in [-0.05, 0) is 31.5 Å². The highest BCUT2D eigenvalue weighted by Gasteiger charge is 2.38. The number of Topliss-reactive ketones (excluding diaryl/α,β-unsaturated/α-hetero) is 1. The van der Waals surface area contributed by atoms with E-state index in [-0.39, 0.29) is 58.4 Å². The molecule has 0 saturated carbocycles. The zero-order chi connectivity index (χ0) is 26.0. The Bertz CT molecular complexity index is 1200. The monoisotopic (exact) mass is 484 g/mol. The number of benzene rings is 2. The summed E-state index contributed by atoms with van der Waals surface area (Å²) in [6.45, 7) is 4.72. The normalized spacial score (nSPS) is 15.1. The van der Waals surface area contributed by atoms with Crippen molar-refractivity contribution >= 4 is 23.3 Å². The van der Waals surface area contributed by atoms with Gasteiger partial charge < -0.3 is 24.8 Å². The Morgan fingerprint density at radius 1 is 1.03 bits per heavy atom. The topological polar surface area (TPSA) is 147 Å². The summed E-state index contributed by atoms with van der Waals surface area (Å²) in [6, 6.07) is 5.38. The van der Waals surface area contributed by atoms with E-state index >= 15 is 0 Å². The molecule has 0 amide bonds. The fourth-order valence-electron chi connectivity index (χ4n) is 4.06. The number of rotatable bonds is 9. The summed E-state index contributed by atoms with van der Waals surface area (Å²) in [7, 11) is 1.18. The molecule has 2 aromatic carbocycles. The molecular formula is C26H28O9. The second kappa shape index (κ2) is 10.4. The lowest BCUT2D eigenvalue weighted by Crippen LogP contribution is -2.28. The Hall–Kier alpha value is -3.56. The average molecular weight is 485 g/mol. The molecule has 9 nitrogen and oxygen atoms in total. The lowest BCUT2D eigenvalue weighted by Gasteiger charge is -2.29. The molecule has 0 fully saturated rings. The fourth-order valence-corrected chi connectivity index (χ4v) is 4.06. The minimum atomic E-state index is -1.13. The predicted octanol–water partition coefficient (Wildman–Crippen LogP) is 2.78. The van der Waals surface area contributed by atoms with Crippen molar-refractivity contribution in [2.45, 2.75) is 58.3 Å². The van der Waals surface area contributed by atoms with Crippen LogP contribution in [0.25, 0.3) is 0 Å². The van der Waals surface area contributed by atoms with Gasteiger partial charge in [0, 0.05) is 29.5 Å². The molecule has 1 aliphatic carbocycles. The second-order valence-corrected chi connectivity index (χ2v) is 8.50. The van der Waals surface area contributed by atoms with E-state index in [1.807, 2.05) is 0 Å². The minimum Gasteiger partial charge on any atom is -0.507 e. The Balaban J connectivity index is 2.30. The van der Waals surface area contributed by atoms with Gasteiger partial charge in [-0.15, -0.1) is 0 Å². The summed E-state index contributed by atoms with van der Waals surface area (Å²) in [5.41, 5.74) is -0.651. The number of ether oxygens (including phenoxy) is 2. The van der Waals surface area contributed by atoms with Crippen LogP contribution in [0.3, 0.4) is 0 Å². The standard InChI is InChI=1S/C26H28O9/c1-5-15(28)11-19(35-13(3)12(2)27)21-14(10-20(30)34-4)9-17-23(25(21)32)26(33)22-16(24(17)31)7-6-8-18(22)29/h6-9,12-13,19,27,29,32H,5,10-11H2,1-4H3/t12-,13-,19+/m1/s1. The maximum atomic E-state index is 13.4. The quantitative estimate of drug-likeness (QED) is 0.390. The first kappa shape index (κ1) is 26.1. The number of methoxy groups -OCH3 is 1. The lowest BCUT2D eigenvalue weighted by molar-refractivity contribution is -0.139. The van der Waals surface area contributed by atoms with Crippen molar-refractivity contribution in [1.29, 1.82) is 0 Å². The van der Waals surface area contributed by atoms with Gasteiger partial charge in [0.2, 0.25) is 5.78 Å². The molecule has 3 rings (SSSR count). The molecule has 0 bridgehead atoms. The zero-order valence-electron chi connectivity index (χ0n) is 20.0. The van der Waals surface area contributed by atoms with Crippen molar-refractivity contribution in [1.82, 2.24) is 0 Å². The van der Waals surface area contributed by atoms with E-state index in [9.17, 15) is 34.5 Å². The smallest absolute Gasteiger partial charge is 0.309 e. The van der Waals surface area contributed by atoms with Gasteiger partial charge in [0.05, 0.1) is 43.0 Å². The number of carbonyl (C=O) groups is 4. The van der Waals surface area contributed by atoms with Crippen LogP contribution in [0.15, 0.2) is 24.3 Å². The van der Waals surface area contributed by atoms with Crippen LogP contribution < -0.4 is 0 Å². The summed E-state index contributed by atoms with van der Waals surface area (Å²) in [5.74, 6) is -3.33. The number of aliphatic hydroxyl groups excluding tert-OH is 1. The van der Waals surface area contributed by atoms with E-state index in [2.05, 4.69) is 0 Å². The van der Waals surface area contributed by atoms with Gasteiger partial charge in [-0.1, -0.05) is 19.1 Å². The van der Waals surface area contributed by atoms with Gasteiger partial charge in [0.25, 0.3) is 0 Å². The predicted molar refractivity (Wildman–Crippen MR) is 124 cm³/mol. The number of carbonyl (C=O) groups excluding carboxylic acids is 4. The summed E-state index contributed by atoms with van der Waals surface area (Å²) < 4.78 is 10.7. The Morgan fingerprint density at radius 2 is 1.71 bits per heavy atom. The highest BCUT2D eigenvalue weighted by Crippen LogP contribution is 2.43. The van der Waals surface area contributed by atoms with Crippen molar-refractivity contribution < 1.29 is 44.0 Å². The van der Waals surface area contributed by atoms with Gasteiger partial charge in [-0.3, -0.25) is 19.2 Å². The van der Waals surface area contributed by atoms with Crippen LogP contribution in [-0.2, 0) is 25.5 Å². The van der Waals surface area contributed by atoms with Crippen LogP contribution in [-0.4, -0.2) is 58.0 Å². The van der Waals surface area contributed by atoms with Crippen LogP contribution >= 0.6 is 0 Å². The summed E-state index contributed by atoms with van der Waals surface area (Å²) in [5, 5.41) is 31.6. The number of fused-ring (bicyclic) bond motifs is 2. The molecule has 35 heavy (non-hydrogen) atoms. The molecule has 186 valence electrons. The molecule has 0 spiro atoms. The van der Waals surface area contributed by atoms with Crippen molar-refractivity contribution in [2.24, 2.45) is 0 Å². The number of aromatic hydroxyl groups is 2. The van der Waals surface area contributed by atoms with Crippen LogP contribution in [0.1, 0.15) is 82.7 Å². The molecule has 1 aliphatic rings. The summed E-state index contributed by atoms with van der Waals surface area (Å²) in [4.78, 5) is 51.2. The van der Waals surface area contributed by atoms with Gasteiger partial charge in [-0.2, -0.15) is 0 Å². The maximum Gasteiger partial charge on any atom is 0.309 e. The molecule has 3 atom stereocenters. The van der Waals surface area contributed by atoms with Gasteiger partial charge >= 0.3 is 5.97 Å². The Kier molecular flexibility index (Phi) is 7.72. The van der Waals surface area contributed by atoms with Crippen molar-refractivity contribution in [2.75, 3.05) is 7.11 Å². The van der Waals surface area contributed by atoms with Gasteiger partial charge in [-0.25, -0.2) is 0 Å². The molecule has 0 heterocycles. The van der Waals surface area contributed by atoms with Crippen LogP contribution in [0.4, 0.5) is 0 Å². The fraction of sp³-hybridized carbons (Fsp3) is 0.385. The molecule has 0 radical (unpaired) electrons. The molecular weight excluding hydrogens is 456 g/mol. The summed E-state index contributed by atoms with van der Waals surface area (Å²) >= 11 is 0. The van der Waals surface area contributed by atoms with E-state index in [0.29, 0.717) is 0 Å². The molecule has 0 aromatic heterocycles. The third-order valence-electron chi connectivity index (χ3n) is 6.16. The van der Waals surface area contributed by atoms with E-state index in [1.165, 1.54) is 38.3 Å². The maximum absolute atomic E-state index is 13.4. The zero-order valence-corrected chi connectivity index (χ0v) is 20.0. The number of phenols is 2. The number of ketones is 3. The highest BCUT2D eigenvalue weighted by atomic mass is 16.5. The van der Waals surface area contributed by atoms with Gasteiger partial charge in [0.15, 0.2) is 5.78 Å². The average Bonchev–Trinajstić information content (AvgIpc) is 2.81. The number of hydrogen-bond acceptors (Lipinski definition) is 9. The van der Waals surface area contributed by atoms with E-state index in [1.54, 1.807) is 13.8 Å². The van der Waals surface area contributed by atoms with Gasteiger partial charge in [0.1, 0.15) is 17.3 Å². The number of hydrogen-bond donors (Lipinski definition) is 3. The molecule has 0 aliphatic heterocycles. The van der Waals surface area contributed by atoms with Crippen LogP contribution in [0, 0.1) is 0 Å². The van der Waals surface area contributed by atoms with E-state index in [4.69, 9.17) is 9.47 Å². The highest BCUT2D eigenvalue weighted by molar-refractivity contribution is 6.30. The van der Waals surface area contributed by atoms with Crippen LogP contribution in [0.2, 0.25) is 0 Å². The first-order chi connectivity index (χ1) is 16.5. The van der Waals surface area contributed by atoms with Crippen molar-refractivity contribution in [3.8, 4) is 11.5 Å². The first-order valence-electron chi connectivity index (χ1n) is 11.2. The molecule has 9 heteroatoms. The summed E-state index contributed by atoms with van der Waals surface area (Å²) in [6.07, 6.45) is -3.24. The van der Waals surface area contributed by atoms with E-state index in [0.717, 1.165) is 0 Å². The SMILES string of the molecule is CCC(=O)C[C@H](O[C@H](C)[C@@H](C)O)c1c(CC(=O)OC)cc2c(c1O)C(=O)c1c(O)cccc1C2=O. The minimum absolute atomic E-state index is 0.0246. The number of phenolic OH excluding ortho intramolecular Hbond substituents is 2. The third kappa shape index (κ3) is 4.96. The number of aliphatic hydroxyl groups is 1. The Labute approximate surface area is 202 Å². The van der Waals surface area contributed by atoms with Crippen molar-refractivity contribution in [3.63, 3.8) is 0 Å². The number of esters is 1. The van der Waals surface area contributed by atoms with Crippen LogP contribution in [0.5, 0.6) is 11.5 Å². The van der Waals surface area contributed by atoms with Crippen molar-refractivity contribution in [3.05, 3.63) is 57.6 Å². The molecule has 0 saturated heterocycles. The first-order valence-corrected chi connectivity index (χ1v) is 11.2. The largest absolute Gasteiger partial charge is 0.507 e. The molecule has 2 aromatic rings. The lowest BCUT2D eigenvalue weighted by atomic mass is 9.79. The molecule has 0 unspecified atom stereocenters. The Morgan fingerprint density at radius 3 is 2.31 bits per heavy atom. The second-order valence-electron chi connectivity index (χ2n) is 8.50. The molecule has 3 N–H and O–H groups in total. The third-order valence-corrected chi connectivity index (χ3v) is 6.16. The van der Waals surface area contributed by atoms with E-state index < -0.39 is 47.3 Å².